The zero-order valence-corrected chi connectivity index (χ0v) is 11.8. The minimum Gasteiger partial charge on any atom is -0.468 e. The normalized spacial score (nSPS) is 30.2. The Balaban J connectivity index is 3.09. The highest BCUT2D eigenvalue weighted by molar-refractivity contribution is 5.83. The number of ether oxygens (including phenoxy) is 2. The second-order valence-corrected chi connectivity index (χ2v) is 5.87. The van der Waals surface area contributed by atoms with Crippen molar-refractivity contribution in [2.45, 2.75) is 64.2 Å². The van der Waals surface area contributed by atoms with Crippen LogP contribution in [0.2, 0.25) is 0 Å². The van der Waals surface area contributed by atoms with Crippen LogP contribution in [0, 0.1) is 0 Å². The molecule has 0 aromatic heterocycles. The molecule has 1 aliphatic rings. The van der Waals surface area contributed by atoms with Gasteiger partial charge in [0.25, 0.3) is 0 Å². The van der Waals surface area contributed by atoms with Crippen LogP contribution < -0.4 is 5.32 Å². The maximum Gasteiger partial charge on any atom is 0.329 e. The number of hydrogen-bond acceptors (Lipinski definition) is 4. The van der Waals surface area contributed by atoms with E-state index in [0.29, 0.717) is 6.42 Å². The van der Waals surface area contributed by atoms with Gasteiger partial charge in [0, 0.05) is 6.42 Å². The van der Waals surface area contributed by atoms with E-state index in [9.17, 15) is 4.79 Å². The Morgan fingerprint density at radius 2 is 1.94 bits per heavy atom. The molecule has 0 aromatic carbocycles. The Hall–Kier alpha value is -0.610. The first-order valence-corrected chi connectivity index (χ1v) is 6.24. The Morgan fingerprint density at radius 1 is 1.35 bits per heavy atom. The number of methoxy groups -OCH3 is 1. The summed E-state index contributed by atoms with van der Waals surface area (Å²) in [6.07, 6.45) is 1.59. The predicted molar refractivity (Wildman–Crippen MR) is 66.9 cm³/mol. The molecule has 0 amide bonds. The van der Waals surface area contributed by atoms with Gasteiger partial charge in [-0.2, -0.15) is 0 Å². The van der Waals surface area contributed by atoms with Crippen molar-refractivity contribution in [2.24, 2.45) is 0 Å². The summed E-state index contributed by atoms with van der Waals surface area (Å²) in [7, 11) is 1.43. The van der Waals surface area contributed by atoms with Gasteiger partial charge in [-0.05, 0) is 40.7 Å². The van der Waals surface area contributed by atoms with Crippen molar-refractivity contribution in [3.05, 3.63) is 0 Å². The zero-order valence-electron chi connectivity index (χ0n) is 11.8. The van der Waals surface area contributed by atoms with Crippen LogP contribution in [-0.4, -0.2) is 36.4 Å². The first-order valence-electron chi connectivity index (χ1n) is 6.24. The van der Waals surface area contributed by atoms with E-state index < -0.39 is 11.1 Å². The largest absolute Gasteiger partial charge is 0.468 e. The van der Waals surface area contributed by atoms with Crippen LogP contribution in [0.3, 0.4) is 0 Å². The molecule has 100 valence electrons. The van der Waals surface area contributed by atoms with Crippen LogP contribution in [0.5, 0.6) is 0 Å². The molecule has 1 unspecified atom stereocenters. The monoisotopic (exact) mass is 243 g/mol. The molecule has 1 saturated heterocycles. The number of esters is 1. The third kappa shape index (κ3) is 2.47. The van der Waals surface area contributed by atoms with Crippen molar-refractivity contribution in [1.29, 1.82) is 0 Å². The second kappa shape index (κ2) is 4.58. The summed E-state index contributed by atoms with van der Waals surface area (Å²) in [5.41, 5.74) is -1.64. The zero-order chi connectivity index (χ0) is 13.3. The molecule has 0 saturated carbocycles. The van der Waals surface area contributed by atoms with Crippen LogP contribution in [-0.2, 0) is 14.3 Å². The van der Waals surface area contributed by atoms with E-state index in [4.69, 9.17) is 9.47 Å². The minimum absolute atomic E-state index is 0.235. The lowest BCUT2D eigenvalue weighted by atomic mass is 9.79. The van der Waals surface area contributed by atoms with E-state index in [2.05, 4.69) is 12.2 Å². The SMILES string of the molecule is CCCNC1(C(=O)OC)CC(C)(C)OC1(C)C. The molecule has 1 N–H and O–H groups in total. The maximum atomic E-state index is 12.2. The first-order chi connectivity index (χ1) is 7.71. The van der Waals surface area contributed by atoms with Crippen LogP contribution in [0.4, 0.5) is 0 Å². The van der Waals surface area contributed by atoms with E-state index >= 15 is 0 Å². The van der Waals surface area contributed by atoms with Gasteiger partial charge in [0.2, 0.25) is 0 Å². The third-order valence-corrected chi connectivity index (χ3v) is 3.46. The van der Waals surface area contributed by atoms with Gasteiger partial charge in [0.1, 0.15) is 5.54 Å². The molecule has 1 rings (SSSR count). The summed E-state index contributed by atoms with van der Waals surface area (Å²) in [6.45, 7) is 10.8. The highest BCUT2D eigenvalue weighted by Crippen LogP contribution is 2.45. The molecule has 1 atom stereocenters. The molecule has 17 heavy (non-hydrogen) atoms. The summed E-state index contributed by atoms with van der Waals surface area (Å²) in [4.78, 5) is 12.2. The van der Waals surface area contributed by atoms with Gasteiger partial charge in [-0.3, -0.25) is 5.32 Å². The smallest absolute Gasteiger partial charge is 0.329 e. The molecular formula is C13H25NO3. The van der Waals surface area contributed by atoms with Crippen molar-refractivity contribution in [3.8, 4) is 0 Å². The quantitative estimate of drug-likeness (QED) is 0.766. The van der Waals surface area contributed by atoms with E-state index in [1.807, 2.05) is 27.7 Å². The van der Waals surface area contributed by atoms with Gasteiger partial charge in [-0.15, -0.1) is 0 Å². The summed E-state index contributed by atoms with van der Waals surface area (Å²) in [5.74, 6) is -0.235. The standard InChI is InChI=1S/C13H25NO3/c1-7-8-14-13(10(15)16-6)9-11(2,3)17-12(13,4)5/h14H,7-9H2,1-6H3. The van der Waals surface area contributed by atoms with Crippen molar-refractivity contribution in [2.75, 3.05) is 13.7 Å². The Labute approximate surface area is 104 Å². The van der Waals surface area contributed by atoms with Crippen molar-refractivity contribution in [3.63, 3.8) is 0 Å². The van der Waals surface area contributed by atoms with Crippen LogP contribution in [0.25, 0.3) is 0 Å². The van der Waals surface area contributed by atoms with Crippen LogP contribution in [0.15, 0.2) is 0 Å². The van der Waals surface area contributed by atoms with E-state index in [1.165, 1.54) is 7.11 Å². The minimum atomic E-state index is -0.749. The maximum absolute atomic E-state index is 12.2. The van der Waals surface area contributed by atoms with Gasteiger partial charge < -0.3 is 9.47 Å². The molecule has 4 heteroatoms. The van der Waals surface area contributed by atoms with Crippen LogP contribution >= 0.6 is 0 Å². The lowest BCUT2D eigenvalue weighted by molar-refractivity contribution is -0.157. The topological polar surface area (TPSA) is 47.6 Å². The number of hydrogen-bond donors (Lipinski definition) is 1. The number of nitrogens with one attached hydrogen (secondary N) is 1. The van der Waals surface area contributed by atoms with Crippen molar-refractivity contribution < 1.29 is 14.3 Å². The molecule has 1 aliphatic heterocycles. The predicted octanol–water partition coefficient (Wildman–Crippen LogP) is 1.88. The molecule has 0 aromatic rings. The van der Waals surface area contributed by atoms with E-state index in [1.54, 1.807) is 0 Å². The van der Waals surface area contributed by atoms with Crippen molar-refractivity contribution in [1.82, 2.24) is 5.32 Å². The fraction of sp³-hybridized carbons (Fsp3) is 0.923. The Kier molecular flexibility index (Phi) is 3.89. The number of carbonyl (C=O) groups excluding carboxylic acids is 1. The Bertz CT molecular complexity index is 299. The van der Waals surface area contributed by atoms with Crippen LogP contribution in [0.1, 0.15) is 47.5 Å². The highest BCUT2D eigenvalue weighted by atomic mass is 16.6. The van der Waals surface area contributed by atoms with Gasteiger partial charge in [-0.25, -0.2) is 4.79 Å². The van der Waals surface area contributed by atoms with Gasteiger partial charge in [0.05, 0.1) is 18.3 Å². The molecule has 0 bridgehead atoms. The summed E-state index contributed by atoms with van der Waals surface area (Å²) < 4.78 is 11.0. The molecule has 1 fully saturated rings. The number of rotatable bonds is 4. The molecule has 0 spiro atoms. The lowest BCUT2D eigenvalue weighted by Crippen LogP contribution is -2.63. The molecule has 0 radical (unpaired) electrons. The van der Waals surface area contributed by atoms with Gasteiger partial charge in [0.15, 0.2) is 0 Å². The number of carbonyl (C=O) groups is 1. The van der Waals surface area contributed by atoms with E-state index in [0.717, 1.165) is 13.0 Å². The Morgan fingerprint density at radius 3 is 2.29 bits per heavy atom. The molecule has 0 aliphatic carbocycles. The highest BCUT2D eigenvalue weighted by Gasteiger charge is 2.62. The average molecular weight is 243 g/mol. The summed E-state index contributed by atoms with van der Waals surface area (Å²) in [5, 5.41) is 3.34. The van der Waals surface area contributed by atoms with Gasteiger partial charge in [-0.1, -0.05) is 6.92 Å². The summed E-state index contributed by atoms with van der Waals surface area (Å²) in [6, 6.07) is 0. The molecular weight excluding hydrogens is 218 g/mol. The van der Waals surface area contributed by atoms with Gasteiger partial charge >= 0.3 is 5.97 Å². The third-order valence-electron chi connectivity index (χ3n) is 3.46. The molecule has 1 heterocycles. The fourth-order valence-corrected chi connectivity index (χ4v) is 2.84. The lowest BCUT2D eigenvalue weighted by Gasteiger charge is -2.37. The molecule has 4 nitrogen and oxygen atoms in total. The average Bonchev–Trinajstić information content (AvgIpc) is 2.39. The first kappa shape index (κ1) is 14.5. The fourth-order valence-electron chi connectivity index (χ4n) is 2.84. The second-order valence-electron chi connectivity index (χ2n) is 5.87. The van der Waals surface area contributed by atoms with E-state index in [-0.39, 0.29) is 11.6 Å². The van der Waals surface area contributed by atoms with Crippen molar-refractivity contribution >= 4 is 5.97 Å². The summed E-state index contributed by atoms with van der Waals surface area (Å²) >= 11 is 0.